The van der Waals surface area contributed by atoms with E-state index in [4.69, 9.17) is 0 Å². The Morgan fingerprint density at radius 3 is 2.72 bits per heavy atom. The zero-order valence-corrected chi connectivity index (χ0v) is 14.2. The van der Waals surface area contributed by atoms with Crippen molar-refractivity contribution in [2.24, 2.45) is 0 Å². The van der Waals surface area contributed by atoms with Crippen molar-refractivity contribution in [2.75, 3.05) is 18.5 Å². The van der Waals surface area contributed by atoms with Crippen LogP contribution in [0.15, 0.2) is 18.6 Å². The number of anilines is 1. The zero-order valence-electron chi connectivity index (χ0n) is 11.2. The lowest BCUT2D eigenvalue weighted by molar-refractivity contribution is 0.839. The number of nitrogens with zero attached hydrogens (tertiary/aromatic N) is 4. The first kappa shape index (κ1) is 15.6. The third kappa shape index (κ3) is 3.28. The van der Waals surface area contributed by atoms with Crippen molar-refractivity contribution in [1.29, 1.82) is 0 Å². The van der Waals surface area contributed by atoms with Gasteiger partial charge in [0.25, 0.3) is 0 Å². The molecule has 0 saturated carbocycles. The lowest BCUT2D eigenvalue weighted by atomic mass is 10.3. The Morgan fingerprint density at radius 1 is 1.39 bits per heavy atom. The van der Waals surface area contributed by atoms with E-state index >= 15 is 0 Å². The van der Waals surface area contributed by atoms with E-state index in [0.717, 1.165) is 29.8 Å². The van der Waals surface area contributed by atoms with Gasteiger partial charge in [0, 0.05) is 50.1 Å². The maximum absolute atomic E-state index is 4.36. The van der Waals surface area contributed by atoms with Crippen LogP contribution in [0.25, 0.3) is 11.0 Å². The van der Waals surface area contributed by atoms with E-state index in [9.17, 15) is 0 Å². The highest BCUT2D eigenvalue weighted by Gasteiger charge is 2.10. The van der Waals surface area contributed by atoms with E-state index in [1.54, 1.807) is 15.4 Å². The molecule has 0 spiro atoms. The summed E-state index contributed by atoms with van der Waals surface area (Å²) in [6.07, 6.45) is 4.77. The van der Waals surface area contributed by atoms with Crippen LogP contribution < -0.4 is 4.90 Å². The lowest BCUT2D eigenvalue weighted by Crippen LogP contribution is -2.19. The van der Waals surface area contributed by atoms with E-state index in [2.05, 4.69) is 56.1 Å². The topological polar surface area (TPSA) is 34.0 Å². The van der Waals surface area contributed by atoms with Gasteiger partial charge >= 0.3 is 0 Å². The Morgan fingerprint density at radius 2 is 2.11 bits per heavy atom. The second-order valence-electron chi connectivity index (χ2n) is 3.57. The van der Waals surface area contributed by atoms with Gasteiger partial charge in [-0.3, -0.25) is 3.97 Å². The van der Waals surface area contributed by atoms with Gasteiger partial charge in [0.05, 0.1) is 5.39 Å². The molecule has 0 aliphatic heterocycles. The number of fused-ring (bicyclic) bond motifs is 1. The van der Waals surface area contributed by atoms with Crippen LogP contribution in [0.2, 0.25) is 0 Å². The second kappa shape index (κ2) is 7.83. The van der Waals surface area contributed by atoms with E-state index in [0.29, 0.717) is 0 Å². The van der Waals surface area contributed by atoms with Crippen molar-refractivity contribution in [3.63, 3.8) is 0 Å². The Kier molecular flexibility index (Phi) is 6.77. The van der Waals surface area contributed by atoms with Gasteiger partial charge in [0.15, 0.2) is 5.65 Å². The molecular formula is C12H19IN4S. The predicted molar refractivity (Wildman–Crippen MR) is 89.4 cm³/mol. The van der Waals surface area contributed by atoms with Gasteiger partial charge < -0.3 is 4.90 Å². The third-order valence-electron chi connectivity index (χ3n) is 2.42. The molecule has 2 aromatic heterocycles. The maximum Gasteiger partial charge on any atom is 0.156 e. The van der Waals surface area contributed by atoms with Crippen LogP contribution in [-0.4, -0.2) is 27.5 Å². The summed E-state index contributed by atoms with van der Waals surface area (Å²) < 4.78 is 2.04. The standard InChI is InChI=1S/C10H13IN4S.C2H6/c1-3-5-14(2)9-8-4-6-15(16-11)10(8)13-7-12-9;1-2/h4,6-7H,3,5H2,1-2H3;1-2H3. The average molecular weight is 378 g/mol. The molecular weight excluding hydrogens is 359 g/mol. The van der Waals surface area contributed by atoms with E-state index in [1.807, 2.05) is 24.0 Å². The van der Waals surface area contributed by atoms with Crippen LogP contribution in [0.1, 0.15) is 27.2 Å². The quantitative estimate of drug-likeness (QED) is 0.749. The van der Waals surface area contributed by atoms with Crippen molar-refractivity contribution >= 4 is 47.2 Å². The number of hydrogen-bond acceptors (Lipinski definition) is 4. The SMILES string of the molecule is CC.CCCN(C)c1ncnc2c1ccn2SI. The second-order valence-corrected chi connectivity index (χ2v) is 5.28. The maximum atomic E-state index is 4.36. The molecule has 2 heterocycles. The highest BCUT2D eigenvalue weighted by Crippen LogP contribution is 2.27. The van der Waals surface area contributed by atoms with Crippen molar-refractivity contribution in [3.8, 4) is 0 Å². The fourth-order valence-corrected chi connectivity index (χ4v) is 2.99. The molecule has 0 atom stereocenters. The predicted octanol–water partition coefficient (Wildman–Crippen LogP) is 4.15. The van der Waals surface area contributed by atoms with E-state index < -0.39 is 0 Å². The first-order chi connectivity index (χ1) is 8.77. The molecule has 0 aromatic carbocycles. The molecule has 0 aliphatic carbocycles. The van der Waals surface area contributed by atoms with Gasteiger partial charge in [0.1, 0.15) is 12.1 Å². The molecule has 0 unspecified atom stereocenters. The van der Waals surface area contributed by atoms with Crippen LogP contribution in [0, 0.1) is 0 Å². The van der Waals surface area contributed by atoms with Gasteiger partial charge in [0.2, 0.25) is 0 Å². The summed E-state index contributed by atoms with van der Waals surface area (Å²) in [6, 6.07) is 2.07. The first-order valence-electron chi connectivity index (χ1n) is 6.10. The normalized spacial score (nSPS) is 10.1. The first-order valence-corrected chi connectivity index (χ1v) is 9.41. The minimum atomic E-state index is 0.979. The summed E-state index contributed by atoms with van der Waals surface area (Å²) in [7, 11) is 3.69. The van der Waals surface area contributed by atoms with Gasteiger partial charge in [-0.05, 0) is 12.5 Å². The zero-order chi connectivity index (χ0) is 13.5. The molecule has 0 bridgehead atoms. The molecule has 0 aliphatic rings. The summed E-state index contributed by atoms with van der Waals surface area (Å²) in [5.74, 6) is 1.01. The molecule has 0 saturated heterocycles. The third-order valence-corrected chi connectivity index (χ3v) is 4.14. The fraction of sp³-hybridized carbons (Fsp3) is 0.500. The van der Waals surface area contributed by atoms with Crippen LogP contribution in [-0.2, 0) is 0 Å². The fourth-order valence-electron chi connectivity index (χ4n) is 1.72. The van der Waals surface area contributed by atoms with Gasteiger partial charge in [-0.2, -0.15) is 0 Å². The Bertz CT molecular complexity index is 486. The molecule has 100 valence electrons. The van der Waals surface area contributed by atoms with Gasteiger partial charge in [-0.25, -0.2) is 9.97 Å². The van der Waals surface area contributed by atoms with Crippen molar-refractivity contribution in [3.05, 3.63) is 18.6 Å². The molecule has 0 radical (unpaired) electrons. The molecule has 6 heteroatoms. The summed E-state index contributed by atoms with van der Waals surface area (Å²) >= 11 is 2.25. The number of aromatic nitrogens is 3. The average Bonchev–Trinajstić information content (AvgIpc) is 2.84. The summed E-state index contributed by atoms with van der Waals surface area (Å²) in [4.78, 5) is 10.9. The van der Waals surface area contributed by atoms with E-state index in [-0.39, 0.29) is 0 Å². The number of hydrogen-bond donors (Lipinski definition) is 0. The molecule has 2 rings (SSSR count). The Balaban J connectivity index is 0.000000771. The van der Waals surface area contributed by atoms with Crippen LogP contribution >= 0.6 is 30.3 Å². The van der Waals surface area contributed by atoms with Crippen LogP contribution in [0.4, 0.5) is 5.82 Å². The van der Waals surface area contributed by atoms with E-state index in [1.165, 1.54) is 0 Å². The highest BCUT2D eigenvalue weighted by molar-refractivity contribution is 14.2. The molecule has 0 fully saturated rings. The number of rotatable bonds is 4. The molecule has 2 aromatic rings. The Labute approximate surface area is 125 Å². The minimum absolute atomic E-state index is 0.979. The highest BCUT2D eigenvalue weighted by atomic mass is 127. The van der Waals surface area contributed by atoms with Crippen molar-refractivity contribution in [2.45, 2.75) is 27.2 Å². The monoisotopic (exact) mass is 378 g/mol. The smallest absolute Gasteiger partial charge is 0.156 e. The Hall–Kier alpha value is -0.500. The molecule has 0 amide bonds. The minimum Gasteiger partial charge on any atom is -0.359 e. The molecule has 18 heavy (non-hydrogen) atoms. The van der Waals surface area contributed by atoms with Crippen molar-refractivity contribution < 1.29 is 0 Å². The summed E-state index contributed by atoms with van der Waals surface area (Å²) in [6.45, 7) is 7.18. The van der Waals surface area contributed by atoms with Gasteiger partial charge in [-0.15, -0.1) is 0 Å². The largest absolute Gasteiger partial charge is 0.359 e. The lowest BCUT2D eigenvalue weighted by Gasteiger charge is -2.17. The van der Waals surface area contributed by atoms with Crippen LogP contribution in [0.5, 0.6) is 0 Å². The van der Waals surface area contributed by atoms with Crippen LogP contribution in [0.3, 0.4) is 0 Å². The molecule has 4 nitrogen and oxygen atoms in total. The summed E-state index contributed by atoms with van der Waals surface area (Å²) in [5.41, 5.74) is 0.979. The van der Waals surface area contributed by atoms with Gasteiger partial charge in [-0.1, -0.05) is 20.8 Å². The van der Waals surface area contributed by atoms with Crippen molar-refractivity contribution in [1.82, 2.24) is 13.9 Å². The number of halogens is 1. The molecule has 0 N–H and O–H groups in total. The summed E-state index contributed by atoms with van der Waals surface area (Å²) in [5, 5.41) is 1.11.